The second-order valence-electron chi connectivity index (χ2n) is 8.75. The first kappa shape index (κ1) is 31.2. The van der Waals surface area contributed by atoms with E-state index in [2.05, 4.69) is 5.32 Å². The smallest absolute Gasteiger partial charge is 0.264 e. The highest BCUT2D eigenvalue weighted by Crippen LogP contribution is 2.27. The number of hydrogen-bond donors (Lipinski definition) is 1. The summed E-state index contributed by atoms with van der Waals surface area (Å²) in [6.45, 7) is 3.16. The average molecular weight is 611 g/mol. The third-order valence-electron chi connectivity index (χ3n) is 6.11. The molecule has 214 valence electrons. The van der Waals surface area contributed by atoms with Crippen LogP contribution in [-0.4, -0.2) is 51.4 Å². The summed E-state index contributed by atoms with van der Waals surface area (Å²) in [5.41, 5.74) is 0.669. The maximum Gasteiger partial charge on any atom is 0.264 e. The van der Waals surface area contributed by atoms with Crippen LogP contribution in [0.15, 0.2) is 71.6 Å². The van der Waals surface area contributed by atoms with Gasteiger partial charge in [0.05, 0.1) is 27.7 Å². The van der Waals surface area contributed by atoms with Crippen molar-refractivity contribution in [1.29, 1.82) is 0 Å². The molecule has 40 heavy (non-hydrogen) atoms. The molecule has 0 radical (unpaired) electrons. The molecular weight excluding hydrogens is 580 g/mol. The molecule has 0 unspecified atom stereocenters. The van der Waals surface area contributed by atoms with Crippen molar-refractivity contribution in [1.82, 2.24) is 10.2 Å². The first-order valence-electron chi connectivity index (χ1n) is 12.4. The van der Waals surface area contributed by atoms with E-state index in [1.54, 1.807) is 32.0 Å². The van der Waals surface area contributed by atoms with E-state index in [0.29, 0.717) is 22.9 Å². The van der Waals surface area contributed by atoms with E-state index >= 15 is 0 Å². The van der Waals surface area contributed by atoms with Crippen LogP contribution in [0.3, 0.4) is 0 Å². The van der Waals surface area contributed by atoms with Gasteiger partial charge in [-0.3, -0.25) is 13.9 Å². The van der Waals surface area contributed by atoms with Gasteiger partial charge in [0.25, 0.3) is 10.0 Å². The Morgan fingerprint density at radius 1 is 0.975 bits per heavy atom. The summed E-state index contributed by atoms with van der Waals surface area (Å²) in [5, 5.41) is 3.33. The summed E-state index contributed by atoms with van der Waals surface area (Å²) >= 11 is 12.2. The lowest BCUT2D eigenvalue weighted by Crippen LogP contribution is -2.52. The zero-order valence-electron chi connectivity index (χ0n) is 22.2. The van der Waals surface area contributed by atoms with E-state index in [0.717, 1.165) is 16.4 Å². The van der Waals surface area contributed by atoms with Gasteiger partial charge >= 0.3 is 0 Å². The average Bonchev–Trinajstić information content (AvgIpc) is 2.94. The Morgan fingerprint density at radius 3 is 2.17 bits per heavy atom. The predicted molar refractivity (Wildman–Crippen MR) is 154 cm³/mol. The molecule has 3 rings (SSSR count). The number of halogens is 3. The molecule has 1 N–H and O–H groups in total. The number of carbonyl (C=O) groups excluding carboxylic acids is 2. The molecule has 12 heteroatoms. The molecule has 0 fully saturated rings. The number of amides is 2. The van der Waals surface area contributed by atoms with E-state index < -0.39 is 34.3 Å². The molecule has 0 aliphatic heterocycles. The quantitative estimate of drug-likeness (QED) is 0.301. The van der Waals surface area contributed by atoms with Crippen molar-refractivity contribution in [3.63, 3.8) is 0 Å². The van der Waals surface area contributed by atoms with Crippen LogP contribution in [0.1, 0.15) is 25.8 Å². The van der Waals surface area contributed by atoms with Gasteiger partial charge in [0.1, 0.15) is 24.2 Å². The van der Waals surface area contributed by atoms with Gasteiger partial charge in [-0.05, 0) is 79.6 Å². The molecule has 0 saturated heterocycles. The van der Waals surface area contributed by atoms with Crippen LogP contribution < -0.4 is 14.4 Å². The lowest BCUT2D eigenvalue weighted by Gasteiger charge is -2.33. The van der Waals surface area contributed by atoms with Crippen molar-refractivity contribution in [3.05, 3.63) is 88.2 Å². The van der Waals surface area contributed by atoms with Gasteiger partial charge in [-0.15, -0.1) is 0 Å². The minimum absolute atomic E-state index is 0.0365. The number of anilines is 1. The highest BCUT2D eigenvalue weighted by atomic mass is 35.5. The third kappa shape index (κ3) is 7.44. The van der Waals surface area contributed by atoms with Gasteiger partial charge in [0.2, 0.25) is 11.8 Å². The van der Waals surface area contributed by atoms with E-state index in [9.17, 15) is 22.4 Å². The SMILES string of the molecule is CCNC(=O)[C@H](CC)N(Cc1ccc(Cl)c(Cl)c1)C(=O)CN(c1ccc(F)cc1)S(=O)(=O)c1ccc(OC)cc1. The lowest BCUT2D eigenvalue weighted by molar-refractivity contribution is -0.140. The Bertz CT molecular complexity index is 1440. The van der Waals surface area contributed by atoms with E-state index in [1.807, 2.05) is 0 Å². The number of nitrogens with zero attached hydrogens (tertiary/aromatic N) is 2. The Morgan fingerprint density at radius 2 is 1.62 bits per heavy atom. The van der Waals surface area contributed by atoms with E-state index in [4.69, 9.17) is 27.9 Å². The molecule has 0 aliphatic carbocycles. The van der Waals surface area contributed by atoms with Crippen LogP contribution in [0.5, 0.6) is 5.75 Å². The summed E-state index contributed by atoms with van der Waals surface area (Å²) in [5.74, 6) is -1.15. The Kier molecular flexibility index (Phi) is 10.8. The van der Waals surface area contributed by atoms with Gasteiger partial charge in [-0.2, -0.15) is 0 Å². The van der Waals surface area contributed by atoms with Crippen LogP contribution in [0.4, 0.5) is 10.1 Å². The number of likely N-dealkylation sites (N-methyl/N-ethyl adjacent to an activating group) is 1. The second-order valence-corrected chi connectivity index (χ2v) is 11.4. The number of sulfonamides is 1. The van der Waals surface area contributed by atoms with Crippen LogP contribution in [0, 0.1) is 5.82 Å². The Labute approximate surface area is 243 Å². The zero-order chi connectivity index (χ0) is 29.4. The molecule has 0 aliphatic rings. The van der Waals surface area contributed by atoms with Crippen LogP contribution in [0.2, 0.25) is 10.0 Å². The number of methoxy groups -OCH3 is 1. The molecule has 0 heterocycles. The number of ether oxygens (including phenoxy) is 1. The van der Waals surface area contributed by atoms with Crippen LogP contribution >= 0.6 is 23.2 Å². The molecule has 3 aromatic rings. The fourth-order valence-corrected chi connectivity index (χ4v) is 5.79. The minimum atomic E-state index is -4.30. The molecule has 1 atom stereocenters. The molecule has 0 saturated carbocycles. The van der Waals surface area contributed by atoms with Gasteiger partial charge in [0.15, 0.2) is 0 Å². The standard InChI is InChI=1S/C28H30Cl2FN3O5S/c1-4-26(28(36)32-5-2)33(17-19-6-15-24(29)25(30)16-19)27(35)18-34(21-9-7-20(31)8-10-21)40(37,38)23-13-11-22(39-3)12-14-23/h6-16,26H,4-5,17-18H2,1-3H3,(H,32,36)/t26-/m0/s1. The highest BCUT2D eigenvalue weighted by molar-refractivity contribution is 7.92. The van der Waals surface area contributed by atoms with Gasteiger partial charge in [-0.1, -0.05) is 36.2 Å². The fraction of sp³-hybridized carbons (Fsp3) is 0.286. The topological polar surface area (TPSA) is 96.0 Å². The first-order valence-corrected chi connectivity index (χ1v) is 14.6. The monoisotopic (exact) mass is 609 g/mol. The fourth-order valence-electron chi connectivity index (χ4n) is 4.06. The summed E-state index contributed by atoms with van der Waals surface area (Å²) < 4.78 is 47.4. The summed E-state index contributed by atoms with van der Waals surface area (Å²) in [6, 6.07) is 14.4. The van der Waals surface area contributed by atoms with Crippen LogP contribution in [0.25, 0.3) is 0 Å². The summed E-state index contributed by atoms with van der Waals surface area (Å²) in [7, 11) is -2.85. The molecule has 2 amide bonds. The minimum Gasteiger partial charge on any atom is -0.497 e. The van der Waals surface area contributed by atoms with E-state index in [1.165, 1.54) is 48.4 Å². The van der Waals surface area contributed by atoms with Gasteiger partial charge in [0, 0.05) is 13.1 Å². The van der Waals surface area contributed by atoms with Crippen molar-refractivity contribution >= 4 is 50.7 Å². The van der Waals surface area contributed by atoms with Gasteiger partial charge in [-0.25, -0.2) is 12.8 Å². The zero-order valence-corrected chi connectivity index (χ0v) is 24.6. The maximum absolute atomic E-state index is 13.9. The number of rotatable bonds is 12. The third-order valence-corrected chi connectivity index (χ3v) is 8.64. The molecule has 3 aromatic carbocycles. The van der Waals surface area contributed by atoms with Crippen molar-refractivity contribution < 1.29 is 27.1 Å². The largest absolute Gasteiger partial charge is 0.497 e. The van der Waals surface area contributed by atoms with Crippen molar-refractivity contribution in [3.8, 4) is 5.75 Å². The lowest BCUT2D eigenvalue weighted by atomic mass is 10.1. The molecular formula is C28H30Cl2FN3O5S. The van der Waals surface area contributed by atoms with Crippen molar-refractivity contribution in [2.75, 3.05) is 24.5 Å². The van der Waals surface area contributed by atoms with Crippen LogP contribution in [-0.2, 0) is 26.2 Å². The van der Waals surface area contributed by atoms with Crippen molar-refractivity contribution in [2.45, 2.75) is 37.8 Å². The Hall–Kier alpha value is -3.34. The molecule has 0 aromatic heterocycles. The normalized spacial score (nSPS) is 11.9. The van der Waals surface area contributed by atoms with Gasteiger partial charge < -0.3 is 15.0 Å². The summed E-state index contributed by atoms with van der Waals surface area (Å²) in [4.78, 5) is 28.1. The molecule has 8 nitrogen and oxygen atoms in total. The molecule has 0 spiro atoms. The number of carbonyl (C=O) groups is 2. The number of hydrogen-bond acceptors (Lipinski definition) is 5. The number of nitrogens with one attached hydrogen (secondary N) is 1. The first-order chi connectivity index (χ1) is 19.0. The highest BCUT2D eigenvalue weighted by Gasteiger charge is 2.33. The molecule has 0 bridgehead atoms. The summed E-state index contributed by atoms with van der Waals surface area (Å²) in [6.07, 6.45) is 0.265. The Balaban J connectivity index is 2.06. The second kappa shape index (κ2) is 13.8. The van der Waals surface area contributed by atoms with E-state index in [-0.39, 0.29) is 34.5 Å². The predicted octanol–water partition coefficient (Wildman–Crippen LogP) is 5.28. The van der Waals surface area contributed by atoms with Crippen molar-refractivity contribution in [2.24, 2.45) is 0 Å². The maximum atomic E-state index is 13.9. The number of benzene rings is 3.